The summed E-state index contributed by atoms with van der Waals surface area (Å²) in [6.45, 7) is 5.20. The summed E-state index contributed by atoms with van der Waals surface area (Å²) in [6.07, 6.45) is -2.88. The molecule has 1 fully saturated rings. The molecule has 0 unspecified atom stereocenters. The van der Waals surface area contributed by atoms with Crippen molar-refractivity contribution in [3.63, 3.8) is 0 Å². The van der Waals surface area contributed by atoms with Crippen molar-refractivity contribution in [1.29, 1.82) is 0 Å². The molecular formula is C21H21F3N4O. The van der Waals surface area contributed by atoms with Crippen molar-refractivity contribution in [2.75, 3.05) is 13.1 Å². The van der Waals surface area contributed by atoms with Crippen molar-refractivity contribution in [2.24, 2.45) is 5.92 Å². The predicted octanol–water partition coefficient (Wildman–Crippen LogP) is 4.60. The molecule has 5 nitrogen and oxygen atoms in total. The van der Waals surface area contributed by atoms with Crippen molar-refractivity contribution in [3.05, 3.63) is 53.3 Å². The van der Waals surface area contributed by atoms with E-state index in [1.165, 1.54) is 6.07 Å². The maximum Gasteiger partial charge on any atom is 0.433 e. The first kappa shape index (κ1) is 19.4. The summed E-state index contributed by atoms with van der Waals surface area (Å²) in [5.74, 6) is 0.183. The Balaban J connectivity index is 1.78. The third-order valence-electron chi connectivity index (χ3n) is 5.35. The van der Waals surface area contributed by atoms with Gasteiger partial charge in [-0.3, -0.25) is 4.79 Å². The standard InChI is InChI=1S/C21H21F3N4O/c1-13-3-5-15(6-4-13)16-11-18(21(22,23)24)28-19(25-16)12-17(26-28)20(29)27-9-7-14(2)8-10-27/h3-6,11-12,14H,7-10H2,1-2H3. The van der Waals surface area contributed by atoms with Crippen LogP contribution in [0.25, 0.3) is 16.9 Å². The van der Waals surface area contributed by atoms with E-state index in [-0.39, 0.29) is 22.9 Å². The summed E-state index contributed by atoms with van der Waals surface area (Å²) in [4.78, 5) is 18.8. The highest BCUT2D eigenvalue weighted by Crippen LogP contribution is 2.32. The van der Waals surface area contributed by atoms with Crippen LogP contribution in [0.5, 0.6) is 0 Å². The number of fused-ring (bicyclic) bond motifs is 1. The van der Waals surface area contributed by atoms with Crippen LogP contribution in [0.2, 0.25) is 0 Å². The molecule has 0 spiro atoms. The lowest BCUT2D eigenvalue weighted by Gasteiger charge is -2.29. The largest absolute Gasteiger partial charge is 0.433 e. The molecule has 29 heavy (non-hydrogen) atoms. The average molecular weight is 402 g/mol. The highest BCUT2D eigenvalue weighted by atomic mass is 19.4. The molecule has 0 N–H and O–H groups in total. The molecule has 0 atom stereocenters. The minimum Gasteiger partial charge on any atom is -0.337 e. The van der Waals surface area contributed by atoms with Gasteiger partial charge in [0.05, 0.1) is 5.69 Å². The lowest BCUT2D eigenvalue weighted by atomic mass is 9.99. The number of alkyl halides is 3. The van der Waals surface area contributed by atoms with Gasteiger partial charge in [0.25, 0.3) is 5.91 Å². The number of amides is 1. The third kappa shape index (κ3) is 3.83. The summed E-state index contributed by atoms with van der Waals surface area (Å²) in [7, 11) is 0. The molecule has 0 aliphatic carbocycles. The highest BCUT2D eigenvalue weighted by molar-refractivity contribution is 5.93. The molecule has 3 heterocycles. The number of likely N-dealkylation sites (tertiary alicyclic amines) is 1. The molecule has 3 aromatic rings. The SMILES string of the molecule is Cc1ccc(-c2cc(C(F)(F)F)n3nc(C(=O)N4CCC(C)CC4)cc3n2)cc1. The van der Waals surface area contributed by atoms with Gasteiger partial charge in [0.1, 0.15) is 0 Å². The Morgan fingerprint density at radius 1 is 1.10 bits per heavy atom. The van der Waals surface area contributed by atoms with E-state index in [4.69, 9.17) is 0 Å². The van der Waals surface area contributed by atoms with Crippen molar-refractivity contribution in [2.45, 2.75) is 32.9 Å². The Hall–Kier alpha value is -2.90. The van der Waals surface area contributed by atoms with Gasteiger partial charge in [-0.1, -0.05) is 36.8 Å². The van der Waals surface area contributed by atoms with Crippen LogP contribution in [0.3, 0.4) is 0 Å². The van der Waals surface area contributed by atoms with Crippen molar-refractivity contribution in [1.82, 2.24) is 19.5 Å². The molecule has 1 aromatic carbocycles. The van der Waals surface area contributed by atoms with Crippen LogP contribution in [0, 0.1) is 12.8 Å². The zero-order chi connectivity index (χ0) is 20.8. The third-order valence-corrected chi connectivity index (χ3v) is 5.35. The summed E-state index contributed by atoms with van der Waals surface area (Å²) in [5.41, 5.74) is 0.796. The number of carbonyl (C=O) groups excluding carboxylic acids is 1. The number of hydrogen-bond donors (Lipinski definition) is 0. The van der Waals surface area contributed by atoms with Gasteiger partial charge >= 0.3 is 6.18 Å². The van der Waals surface area contributed by atoms with Gasteiger partial charge in [-0.2, -0.15) is 18.3 Å². The number of halogens is 3. The van der Waals surface area contributed by atoms with E-state index in [0.717, 1.165) is 29.0 Å². The summed E-state index contributed by atoms with van der Waals surface area (Å²) in [6, 6.07) is 9.40. The van der Waals surface area contributed by atoms with Crippen LogP contribution in [-0.2, 0) is 6.18 Å². The Kier molecular flexibility index (Phi) is 4.80. The molecule has 0 bridgehead atoms. The molecular weight excluding hydrogens is 381 g/mol. The minimum absolute atomic E-state index is 0.00382. The summed E-state index contributed by atoms with van der Waals surface area (Å²) < 4.78 is 41.8. The number of rotatable bonds is 2. The zero-order valence-corrected chi connectivity index (χ0v) is 16.2. The molecule has 1 aliphatic rings. The van der Waals surface area contributed by atoms with Crippen LogP contribution in [0.4, 0.5) is 13.2 Å². The van der Waals surface area contributed by atoms with Gasteiger partial charge in [-0.05, 0) is 31.7 Å². The molecule has 0 radical (unpaired) electrons. The number of benzene rings is 1. The second kappa shape index (κ2) is 7.17. The number of piperidine rings is 1. The normalized spacial score (nSPS) is 15.8. The van der Waals surface area contributed by atoms with Crippen molar-refractivity contribution in [3.8, 4) is 11.3 Å². The number of aryl methyl sites for hydroxylation is 1. The molecule has 4 rings (SSSR count). The van der Waals surface area contributed by atoms with E-state index in [2.05, 4.69) is 17.0 Å². The summed E-state index contributed by atoms with van der Waals surface area (Å²) >= 11 is 0. The van der Waals surface area contributed by atoms with Crippen LogP contribution in [-0.4, -0.2) is 38.5 Å². The Bertz CT molecular complexity index is 1050. The quantitative estimate of drug-likeness (QED) is 0.630. The number of aromatic nitrogens is 3. The highest BCUT2D eigenvalue weighted by Gasteiger charge is 2.36. The molecule has 8 heteroatoms. The second-order valence-electron chi connectivity index (χ2n) is 7.66. The van der Waals surface area contributed by atoms with Crippen LogP contribution in [0.15, 0.2) is 36.4 Å². The van der Waals surface area contributed by atoms with E-state index in [1.807, 2.05) is 19.1 Å². The Morgan fingerprint density at radius 3 is 2.38 bits per heavy atom. The van der Waals surface area contributed by atoms with Gasteiger partial charge in [0.15, 0.2) is 17.0 Å². The van der Waals surface area contributed by atoms with Crippen LogP contribution < -0.4 is 0 Å². The van der Waals surface area contributed by atoms with Crippen molar-refractivity contribution >= 4 is 11.6 Å². The van der Waals surface area contributed by atoms with Gasteiger partial charge in [-0.25, -0.2) is 9.50 Å². The Morgan fingerprint density at radius 2 is 1.76 bits per heavy atom. The lowest BCUT2D eigenvalue weighted by Crippen LogP contribution is -2.38. The van der Waals surface area contributed by atoms with Gasteiger partial charge in [-0.15, -0.1) is 0 Å². The first-order valence-corrected chi connectivity index (χ1v) is 9.57. The lowest BCUT2D eigenvalue weighted by molar-refractivity contribution is -0.142. The van der Waals surface area contributed by atoms with E-state index < -0.39 is 11.9 Å². The first-order valence-electron chi connectivity index (χ1n) is 9.57. The molecule has 1 aliphatic heterocycles. The minimum atomic E-state index is -4.63. The maximum absolute atomic E-state index is 13.7. The predicted molar refractivity (Wildman–Crippen MR) is 102 cm³/mol. The fraction of sp³-hybridized carbons (Fsp3) is 0.381. The maximum atomic E-state index is 13.7. The molecule has 1 amide bonds. The molecule has 2 aromatic heterocycles. The van der Waals surface area contributed by atoms with E-state index in [0.29, 0.717) is 24.6 Å². The number of carbonyl (C=O) groups is 1. The summed E-state index contributed by atoms with van der Waals surface area (Å²) in [5, 5.41) is 3.97. The van der Waals surface area contributed by atoms with Crippen LogP contribution >= 0.6 is 0 Å². The molecule has 152 valence electrons. The fourth-order valence-electron chi connectivity index (χ4n) is 3.53. The van der Waals surface area contributed by atoms with Gasteiger partial charge in [0, 0.05) is 24.7 Å². The monoisotopic (exact) mass is 402 g/mol. The zero-order valence-electron chi connectivity index (χ0n) is 16.2. The number of nitrogens with zero attached hydrogens (tertiary/aromatic N) is 4. The van der Waals surface area contributed by atoms with E-state index in [9.17, 15) is 18.0 Å². The molecule has 1 saturated heterocycles. The smallest absolute Gasteiger partial charge is 0.337 e. The van der Waals surface area contributed by atoms with Gasteiger partial charge in [0.2, 0.25) is 0 Å². The fourth-order valence-corrected chi connectivity index (χ4v) is 3.53. The van der Waals surface area contributed by atoms with E-state index >= 15 is 0 Å². The molecule has 0 saturated carbocycles. The van der Waals surface area contributed by atoms with Crippen molar-refractivity contribution < 1.29 is 18.0 Å². The Labute approximate surface area is 166 Å². The average Bonchev–Trinajstić information content (AvgIpc) is 3.11. The topological polar surface area (TPSA) is 50.5 Å². The van der Waals surface area contributed by atoms with Gasteiger partial charge < -0.3 is 4.90 Å². The number of hydrogen-bond acceptors (Lipinski definition) is 3. The van der Waals surface area contributed by atoms with E-state index in [1.54, 1.807) is 17.0 Å². The van der Waals surface area contributed by atoms with Crippen LogP contribution in [0.1, 0.15) is 41.5 Å². The first-order chi connectivity index (χ1) is 13.7. The second-order valence-corrected chi connectivity index (χ2v) is 7.66.